The summed E-state index contributed by atoms with van der Waals surface area (Å²) in [7, 11) is 3.24. The first-order chi connectivity index (χ1) is 8.74. The van der Waals surface area contributed by atoms with Crippen molar-refractivity contribution in [2.75, 3.05) is 27.4 Å². The van der Waals surface area contributed by atoms with E-state index in [1.54, 1.807) is 19.1 Å². The molecule has 0 radical (unpaired) electrons. The lowest BCUT2D eigenvalue weighted by Crippen LogP contribution is -2.34. The van der Waals surface area contributed by atoms with E-state index in [4.69, 9.17) is 14.2 Å². The van der Waals surface area contributed by atoms with E-state index < -0.39 is 0 Å². The highest BCUT2D eigenvalue weighted by Gasteiger charge is 2.38. The molecule has 2 aliphatic rings. The second-order valence-electron chi connectivity index (χ2n) is 4.44. The molecule has 3 rings (SSSR count). The Kier molecular flexibility index (Phi) is 2.54. The molecule has 96 valence electrons. The summed E-state index contributed by atoms with van der Waals surface area (Å²) in [6.07, 6.45) is 0.599. The van der Waals surface area contributed by atoms with Gasteiger partial charge >= 0.3 is 6.09 Å². The number of ether oxygens (including phenoxy) is 3. The molecule has 0 aliphatic carbocycles. The third kappa shape index (κ3) is 1.50. The molecule has 5 nitrogen and oxygen atoms in total. The number of nitrogens with zero attached hydrogens (tertiary/aromatic N) is 1. The number of carbonyl (C=O) groups is 1. The number of carbonyl (C=O) groups excluding carboxylic acids is 1. The molecule has 1 aromatic carbocycles. The van der Waals surface area contributed by atoms with Crippen LogP contribution in [0.2, 0.25) is 0 Å². The number of methoxy groups -OCH3 is 2. The minimum absolute atomic E-state index is 0.0149. The zero-order chi connectivity index (χ0) is 12.7. The SMILES string of the molecule is COc1cc2c(cc1OC)[C@H]1COC(=O)N1CC2. The van der Waals surface area contributed by atoms with E-state index in [1.165, 1.54) is 5.56 Å². The molecule has 18 heavy (non-hydrogen) atoms. The molecule has 2 aliphatic heterocycles. The predicted octanol–water partition coefficient (Wildman–Crippen LogP) is 1.75. The summed E-state index contributed by atoms with van der Waals surface area (Å²) in [5.74, 6) is 1.42. The van der Waals surface area contributed by atoms with Crippen LogP contribution >= 0.6 is 0 Å². The Labute approximate surface area is 105 Å². The summed E-state index contributed by atoms with van der Waals surface area (Å²) in [6.45, 7) is 1.12. The molecular weight excluding hydrogens is 234 g/mol. The second-order valence-corrected chi connectivity index (χ2v) is 4.44. The zero-order valence-corrected chi connectivity index (χ0v) is 10.4. The number of hydrogen-bond acceptors (Lipinski definition) is 4. The van der Waals surface area contributed by atoms with Gasteiger partial charge in [-0.15, -0.1) is 0 Å². The molecule has 0 bridgehead atoms. The Balaban J connectivity index is 2.06. The van der Waals surface area contributed by atoms with Crippen molar-refractivity contribution in [1.29, 1.82) is 0 Å². The summed E-state index contributed by atoms with van der Waals surface area (Å²) >= 11 is 0. The molecule has 0 unspecified atom stereocenters. The smallest absolute Gasteiger partial charge is 0.410 e. The van der Waals surface area contributed by atoms with Crippen molar-refractivity contribution in [3.05, 3.63) is 23.3 Å². The minimum Gasteiger partial charge on any atom is -0.493 e. The standard InChI is InChI=1S/C13H15NO4/c1-16-11-5-8-3-4-14-10(7-18-13(14)15)9(8)6-12(11)17-2/h5-6,10H,3-4,7H2,1-2H3/t10-/m1/s1. The van der Waals surface area contributed by atoms with Crippen molar-refractivity contribution in [1.82, 2.24) is 4.90 Å². The van der Waals surface area contributed by atoms with Crippen LogP contribution in [0.3, 0.4) is 0 Å². The Morgan fingerprint density at radius 1 is 1.28 bits per heavy atom. The maximum absolute atomic E-state index is 11.5. The summed E-state index contributed by atoms with van der Waals surface area (Å²) in [6, 6.07) is 3.96. The van der Waals surface area contributed by atoms with Crippen LogP contribution in [0.25, 0.3) is 0 Å². The summed E-state index contributed by atoms with van der Waals surface area (Å²) in [5, 5.41) is 0. The van der Waals surface area contributed by atoms with Gasteiger partial charge < -0.3 is 14.2 Å². The Morgan fingerprint density at radius 3 is 2.72 bits per heavy atom. The fraction of sp³-hybridized carbons (Fsp3) is 0.462. The minimum atomic E-state index is -0.222. The third-order valence-electron chi connectivity index (χ3n) is 3.60. The lowest BCUT2D eigenvalue weighted by Gasteiger charge is -2.29. The molecule has 0 saturated carbocycles. The van der Waals surface area contributed by atoms with Crippen molar-refractivity contribution in [3.63, 3.8) is 0 Å². The van der Waals surface area contributed by atoms with Gasteiger partial charge in [-0.3, -0.25) is 4.90 Å². The van der Waals surface area contributed by atoms with Crippen LogP contribution in [0.5, 0.6) is 11.5 Å². The largest absolute Gasteiger partial charge is 0.493 e. The first kappa shape index (κ1) is 11.2. The number of rotatable bonds is 2. The first-order valence-corrected chi connectivity index (χ1v) is 5.92. The molecule has 1 atom stereocenters. The summed E-state index contributed by atoms with van der Waals surface area (Å²) in [4.78, 5) is 13.3. The van der Waals surface area contributed by atoms with E-state index in [1.807, 2.05) is 12.1 Å². The lowest BCUT2D eigenvalue weighted by atomic mass is 9.93. The van der Waals surface area contributed by atoms with Gasteiger partial charge in [0, 0.05) is 6.54 Å². The van der Waals surface area contributed by atoms with Crippen molar-refractivity contribution in [2.45, 2.75) is 12.5 Å². The summed E-state index contributed by atoms with van der Waals surface area (Å²) < 4.78 is 15.7. The number of hydrogen-bond donors (Lipinski definition) is 0. The van der Waals surface area contributed by atoms with E-state index in [9.17, 15) is 4.79 Å². The van der Waals surface area contributed by atoms with E-state index in [0.717, 1.165) is 17.7 Å². The molecular formula is C13H15NO4. The molecule has 5 heteroatoms. The molecule has 1 amide bonds. The third-order valence-corrected chi connectivity index (χ3v) is 3.60. The van der Waals surface area contributed by atoms with Crippen molar-refractivity contribution in [2.24, 2.45) is 0 Å². The van der Waals surface area contributed by atoms with Crippen molar-refractivity contribution >= 4 is 6.09 Å². The molecule has 1 fully saturated rings. The lowest BCUT2D eigenvalue weighted by molar-refractivity contribution is 0.157. The number of cyclic esters (lactones) is 1. The van der Waals surface area contributed by atoms with Crippen LogP contribution < -0.4 is 9.47 Å². The molecule has 0 spiro atoms. The fourth-order valence-corrected chi connectivity index (χ4v) is 2.66. The van der Waals surface area contributed by atoms with Gasteiger partial charge in [0.05, 0.1) is 20.3 Å². The first-order valence-electron chi connectivity index (χ1n) is 5.92. The van der Waals surface area contributed by atoms with Gasteiger partial charge in [0.1, 0.15) is 6.61 Å². The molecule has 1 aromatic rings. The van der Waals surface area contributed by atoms with Gasteiger partial charge in [-0.2, -0.15) is 0 Å². The maximum atomic E-state index is 11.5. The normalized spacial score (nSPS) is 21.1. The van der Waals surface area contributed by atoms with Crippen LogP contribution in [0.15, 0.2) is 12.1 Å². The van der Waals surface area contributed by atoms with Crippen molar-refractivity contribution < 1.29 is 19.0 Å². The Morgan fingerprint density at radius 2 is 2.00 bits per heavy atom. The van der Waals surface area contributed by atoms with E-state index in [-0.39, 0.29) is 12.1 Å². The number of benzene rings is 1. The highest BCUT2D eigenvalue weighted by molar-refractivity contribution is 5.71. The number of fused-ring (bicyclic) bond motifs is 3. The number of amides is 1. The topological polar surface area (TPSA) is 48.0 Å². The molecule has 0 aromatic heterocycles. The van der Waals surface area contributed by atoms with Gasteiger partial charge in [-0.1, -0.05) is 0 Å². The van der Waals surface area contributed by atoms with E-state index in [0.29, 0.717) is 18.9 Å². The van der Waals surface area contributed by atoms with Gasteiger partial charge in [-0.25, -0.2) is 4.79 Å². The Hall–Kier alpha value is -1.91. The van der Waals surface area contributed by atoms with Crippen LogP contribution in [-0.2, 0) is 11.2 Å². The average molecular weight is 249 g/mol. The summed E-state index contributed by atoms with van der Waals surface area (Å²) in [5.41, 5.74) is 2.30. The molecule has 0 N–H and O–H groups in total. The van der Waals surface area contributed by atoms with Gasteiger partial charge in [-0.05, 0) is 29.7 Å². The average Bonchev–Trinajstić information content (AvgIpc) is 2.79. The van der Waals surface area contributed by atoms with Crippen molar-refractivity contribution in [3.8, 4) is 11.5 Å². The van der Waals surface area contributed by atoms with E-state index in [2.05, 4.69) is 0 Å². The highest BCUT2D eigenvalue weighted by Crippen LogP contribution is 2.40. The molecule has 1 saturated heterocycles. The van der Waals surface area contributed by atoms with E-state index >= 15 is 0 Å². The predicted molar refractivity (Wildman–Crippen MR) is 64.0 cm³/mol. The molecule has 2 heterocycles. The second kappa shape index (κ2) is 4.08. The fourth-order valence-electron chi connectivity index (χ4n) is 2.66. The zero-order valence-electron chi connectivity index (χ0n) is 10.4. The monoisotopic (exact) mass is 249 g/mol. The van der Waals surface area contributed by atoms with Crippen LogP contribution in [0.4, 0.5) is 4.79 Å². The quantitative estimate of drug-likeness (QED) is 0.801. The van der Waals surface area contributed by atoms with Crippen LogP contribution in [0.1, 0.15) is 17.2 Å². The van der Waals surface area contributed by atoms with Crippen LogP contribution in [0, 0.1) is 0 Å². The van der Waals surface area contributed by atoms with Crippen LogP contribution in [-0.4, -0.2) is 38.4 Å². The Bertz CT molecular complexity index is 500. The van der Waals surface area contributed by atoms with Gasteiger partial charge in [0.2, 0.25) is 0 Å². The van der Waals surface area contributed by atoms with Gasteiger partial charge in [0.25, 0.3) is 0 Å². The highest BCUT2D eigenvalue weighted by atomic mass is 16.6. The van der Waals surface area contributed by atoms with Gasteiger partial charge in [0.15, 0.2) is 11.5 Å². The maximum Gasteiger partial charge on any atom is 0.410 e.